The Labute approximate surface area is 148 Å². The third-order valence-corrected chi connectivity index (χ3v) is 5.30. The van der Waals surface area contributed by atoms with Crippen LogP contribution in [0.5, 0.6) is 11.5 Å². The number of nitrogens with zero attached hydrogens (tertiary/aromatic N) is 1. The van der Waals surface area contributed by atoms with E-state index in [0.717, 1.165) is 12.8 Å². The SMILES string of the molecule is CC(c1ccc(OCC2CC2)c(-c2cc(O)c(=O)n(C)c2)c1)S(=O)O. The molecule has 6 nitrogen and oxygen atoms in total. The number of pyridine rings is 1. The third-order valence-electron chi connectivity index (χ3n) is 4.42. The van der Waals surface area contributed by atoms with E-state index in [1.807, 2.05) is 0 Å². The van der Waals surface area contributed by atoms with Gasteiger partial charge in [-0.1, -0.05) is 6.07 Å². The van der Waals surface area contributed by atoms with Gasteiger partial charge in [-0.15, -0.1) is 0 Å². The average molecular weight is 363 g/mol. The Morgan fingerprint density at radius 1 is 1.36 bits per heavy atom. The molecule has 0 amide bonds. The van der Waals surface area contributed by atoms with Gasteiger partial charge in [0.2, 0.25) is 0 Å². The predicted octanol–water partition coefficient (Wildman–Crippen LogP) is 2.83. The van der Waals surface area contributed by atoms with Crippen LogP contribution in [-0.2, 0) is 18.1 Å². The number of hydrogen-bond acceptors (Lipinski definition) is 4. The van der Waals surface area contributed by atoms with Gasteiger partial charge in [-0.25, -0.2) is 4.21 Å². The molecule has 25 heavy (non-hydrogen) atoms. The third kappa shape index (κ3) is 3.93. The van der Waals surface area contributed by atoms with E-state index >= 15 is 0 Å². The Morgan fingerprint density at radius 3 is 2.68 bits per heavy atom. The Hall–Kier alpha value is -2.12. The first-order valence-corrected chi connectivity index (χ1v) is 9.30. The van der Waals surface area contributed by atoms with Crippen LogP contribution in [0, 0.1) is 5.92 Å². The Bertz CT molecular complexity index is 846. The molecule has 0 radical (unpaired) electrons. The van der Waals surface area contributed by atoms with Crippen molar-refractivity contribution in [3.63, 3.8) is 0 Å². The van der Waals surface area contributed by atoms with Crippen LogP contribution in [0.15, 0.2) is 35.3 Å². The second-order valence-corrected chi connectivity index (χ2v) is 7.72. The second kappa shape index (κ2) is 7.01. The molecule has 2 aromatic rings. The monoisotopic (exact) mass is 363 g/mol. The minimum Gasteiger partial charge on any atom is -0.503 e. The highest BCUT2D eigenvalue weighted by atomic mass is 32.2. The number of ether oxygens (including phenoxy) is 1. The van der Waals surface area contributed by atoms with Gasteiger partial charge < -0.3 is 19.0 Å². The molecular weight excluding hydrogens is 342 g/mol. The van der Waals surface area contributed by atoms with E-state index in [9.17, 15) is 18.7 Å². The van der Waals surface area contributed by atoms with E-state index in [0.29, 0.717) is 35.0 Å². The number of aryl methyl sites for hydroxylation is 1. The van der Waals surface area contributed by atoms with Crippen molar-refractivity contribution < 1.29 is 18.6 Å². The first-order valence-electron chi connectivity index (χ1n) is 8.13. The largest absolute Gasteiger partial charge is 0.503 e. The summed E-state index contributed by atoms with van der Waals surface area (Å²) in [5, 5.41) is 9.31. The fraction of sp³-hybridized carbons (Fsp3) is 0.389. The van der Waals surface area contributed by atoms with Crippen molar-refractivity contribution >= 4 is 11.1 Å². The quantitative estimate of drug-likeness (QED) is 0.771. The molecular formula is C18H21NO5S. The smallest absolute Gasteiger partial charge is 0.292 e. The summed E-state index contributed by atoms with van der Waals surface area (Å²) >= 11 is -1.99. The summed E-state index contributed by atoms with van der Waals surface area (Å²) in [6.07, 6.45) is 3.94. The topological polar surface area (TPSA) is 88.8 Å². The number of hydrogen-bond donors (Lipinski definition) is 2. The maximum atomic E-state index is 11.7. The van der Waals surface area contributed by atoms with E-state index in [1.165, 1.54) is 10.6 Å². The second-order valence-electron chi connectivity index (χ2n) is 6.46. The van der Waals surface area contributed by atoms with Crippen LogP contribution >= 0.6 is 0 Å². The molecule has 3 rings (SSSR count). The highest BCUT2D eigenvalue weighted by molar-refractivity contribution is 7.79. The van der Waals surface area contributed by atoms with E-state index in [4.69, 9.17) is 4.74 Å². The minimum atomic E-state index is -1.99. The van der Waals surface area contributed by atoms with Crippen molar-refractivity contribution in [1.29, 1.82) is 0 Å². The van der Waals surface area contributed by atoms with Gasteiger partial charge >= 0.3 is 0 Å². The number of aromatic nitrogens is 1. The number of benzene rings is 1. The van der Waals surface area contributed by atoms with Crippen LogP contribution in [-0.4, -0.2) is 25.0 Å². The molecule has 2 N–H and O–H groups in total. The van der Waals surface area contributed by atoms with Gasteiger partial charge in [-0.2, -0.15) is 0 Å². The van der Waals surface area contributed by atoms with Crippen LogP contribution in [0.4, 0.5) is 0 Å². The molecule has 1 saturated carbocycles. The van der Waals surface area contributed by atoms with Gasteiger partial charge in [-0.3, -0.25) is 4.79 Å². The average Bonchev–Trinajstić information content (AvgIpc) is 3.41. The maximum Gasteiger partial charge on any atom is 0.292 e. The predicted molar refractivity (Wildman–Crippen MR) is 96.2 cm³/mol. The number of rotatable bonds is 6. The van der Waals surface area contributed by atoms with Crippen molar-refractivity contribution in [3.05, 3.63) is 46.4 Å². The lowest BCUT2D eigenvalue weighted by Gasteiger charge is -2.16. The van der Waals surface area contributed by atoms with Gasteiger partial charge in [0.25, 0.3) is 5.56 Å². The molecule has 134 valence electrons. The van der Waals surface area contributed by atoms with Crippen LogP contribution in [0.2, 0.25) is 0 Å². The number of aromatic hydroxyl groups is 1. The van der Waals surface area contributed by atoms with Crippen molar-refractivity contribution in [2.24, 2.45) is 13.0 Å². The fourth-order valence-corrected chi connectivity index (χ4v) is 2.98. The zero-order valence-corrected chi connectivity index (χ0v) is 15.0. The summed E-state index contributed by atoms with van der Waals surface area (Å²) in [4.78, 5) is 11.7. The van der Waals surface area contributed by atoms with Crippen LogP contribution < -0.4 is 10.3 Å². The highest BCUT2D eigenvalue weighted by Gasteiger charge is 2.23. The molecule has 0 saturated heterocycles. The standard InChI is InChI=1S/C18H21NO5S/c1-11(25(22)23)13-5-6-17(24-10-12-3-4-12)15(7-13)14-8-16(20)18(21)19(2)9-14/h5-9,11-12,20H,3-4,10H2,1-2H3,(H,22,23). The molecule has 1 aliphatic rings. The molecule has 1 aromatic carbocycles. The Balaban J connectivity index is 2.07. The summed E-state index contributed by atoms with van der Waals surface area (Å²) in [7, 11) is 1.56. The van der Waals surface area contributed by atoms with Gasteiger partial charge in [0.05, 0.1) is 11.9 Å². The van der Waals surface area contributed by atoms with Crippen molar-refractivity contribution in [2.75, 3.05) is 6.61 Å². The first kappa shape index (κ1) is 17.7. The van der Waals surface area contributed by atoms with Crippen molar-refractivity contribution in [3.8, 4) is 22.6 Å². The van der Waals surface area contributed by atoms with Crippen LogP contribution in [0.3, 0.4) is 0 Å². The van der Waals surface area contributed by atoms with Crippen LogP contribution in [0.25, 0.3) is 11.1 Å². The first-order chi connectivity index (χ1) is 11.9. The Morgan fingerprint density at radius 2 is 2.08 bits per heavy atom. The maximum absolute atomic E-state index is 11.7. The van der Waals surface area contributed by atoms with Gasteiger partial charge in [0.1, 0.15) is 5.75 Å². The van der Waals surface area contributed by atoms with Gasteiger partial charge in [0, 0.05) is 24.4 Å². The van der Waals surface area contributed by atoms with E-state index in [1.54, 1.807) is 38.4 Å². The van der Waals surface area contributed by atoms with E-state index in [2.05, 4.69) is 0 Å². The zero-order valence-electron chi connectivity index (χ0n) is 14.1. The molecule has 2 atom stereocenters. The summed E-state index contributed by atoms with van der Waals surface area (Å²) in [6.45, 7) is 2.28. The highest BCUT2D eigenvalue weighted by Crippen LogP contribution is 2.36. The molecule has 0 aliphatic heterocycles. The van der Waals surface area contributed by atoms with Gasteiger partial charge in [-0.05, 0) is 49.4 Å². The normalized spacial score (nSPS) is 16.4. The molecule has 7 heteroatoms. The Kier molecular flexibility index (Phi) is 4.96. The van der Waals surface area contributed by atoms with E-state index < -0.39 is 21.9 Å². The zero-order chi connectivity index (χ0) is 18.1. The lowest BCUT2D eigenvalue weighted by atomic mass is 10.0. The fourth-order valence-electron chi connectivity index (χ4n) is 2.60. The molecule has 1 fully saturated rings. The summed E-state index contributed by atoms with van der Waals surface area (Å²) in [6, 6.07) is 6.72. The summed E-state index contributed by atoms with van der Waals surface area (Å²) in [5.41, 5.74) is 1.50. The lowest BCUT2D eigenvalue weighted by molar-refractivity contribution is 0.301. The molecule has 1 heterocycles. The molecule has 1 aliphatic carbocycles. The van der Waals surface area contributed by atoms with Crippen LogP contribution in [0.1, 0.15) is 30.6 Å². The van der Waals surface area contributed by atoms with Crippen molar-refractivity contribution in [1.82, 2.24) is 4.57 Å². The minimum absolute atomic E-state index is 0.350. The van der Waals surface area contributed by atoms with Crippen molar-refractivity contribution in [2.45, 2.75) is 25.0 Å². The summed E-state index contributed by atoms with van der Waals surface area (Å²) in [5.74, 6) is 0.854. The molecule has 0 bridgehead atoms. The molecule has 1 aromatic heterocycles. The summed E-state index contributed by atoms with van der Waals surface area (Å²) < 4.78 is 28.0. The lowest BCUT2D eigenvalue weighted by Crippen LogP contribution is -2.15. The molecule has 2 unspecified atom stereocenters. The molecule has 0 spiro atoms. The van der Waals surface area contributed by atoms with Gasteiger partial charge in [0.15, 0.2) is 16.8 Å². The van der Waals surface area contributed by atoms with E-state index in [-0.39, 0.29) is 5.75 Å².